The van der Waals surface area contributed by atoms with Crippen LogP contribution in [-0.2, 0) is 6.54 Å². The van der Waals surface area contributed by atoms with E-state index in [9.17, 15) is 0 Å². The molecule has 14 heavy (non-hydrogen) atoms. The van der Waals surface area contributed by atoms with Gasteiger partial charge in [-0.15, -0.1) is 0 Å². The zero-order chi connectivity index (χ0) is 10.4. The van der Waals surface area contributed by atoms with Crippen LogP contribution in [0.5, 0.6) is 0 Å². The summed E-state index contributed by atoms with van der Waals surface area (Å²) in [4.78, 5) is 2.44. The Hall–Kier alpha value is -0.820. The van der Waals surface area contributed by atoms with Crippen molar-refractivity contribution in [3.63, 3.8) is 0 Å². The second-order valence-corrected chi connectivity index (χ2v) is 3.87. The third-order valence-electron chi connectivity index (χ3n) is 2.84. The fraction of sp³-hybridized carbons (Fsp3) is 0.538. The van der Waals surface area contributed by atoms with Crippen LogP contribution in [0.2, 0.25) is 0 Å². The highest BCUT2D eigenvalue weighted by molar-refractivity contribution is 5.14. The van der Waals surface area contributed by atoms with E-state index in [0.717, 1.165) is 12.6 Å². The van der Waals surface area contributed by atoms with Gasteiger partial charge >= 0.3 is 0 Å². The lowest BCUT2D eigenvalue weighted by molar-refractivity contribution is 0.222. The van der Waals surface area contributed by atoms with Gasteiger partial charge in [-0.3, -0.25) is 4.90 Å². The van der Waals surface area contributed by atoms with E-state index in [2.05, 4.69) is 56.1 Å². The van der Waals surface area contributed by atoms with Gasteiger partial charge in [-0.2, -0.15) is 0 Å². The Balaban J connectivity index is 2.52. The van der Waals surface area contributed by atoms with Crippen LogP contribution in [0.4, 0.5) is 0 Å². The Kier molecular flexibility index (Phi) is 4.68. The molecule has 1 aromatic carbocycles. The second-order valence-electron chi connectivity index (χ2n) is 3.87. The number of benzene rings is 1. The van der Waals surface area contributed by atoms with E-state index in [-0.39, 0.29) is 0 Å². The molecule has 0 N–H and O–H groups in total. The molecule has 0 aliphatic carbocycles. The van der Waals surface area contributed by atoms with E-state index >= 15 is 0 Å². The van der Waals surface area contributed by atoms with Gasteiger partial charge in [0.15, 0.2) is 0 Å². The van der Waals surface area contributed by atoms with E-state index < -0.39 is 0 Å². The van der Waals surface area contributed by atoms with Crippen molar-refractivity contribution in [1.29, 1.82) is 0 Å². The number of hydrogen-bond acceptors (Lipinski definition) is 1. The summed E-state index contributed by atoms with van der Waals surface area (Å²) in [5.41, 5.74) is 1.40. The van der Waals surface area contributed by atoms with Gasteiger partial charge in [0.2, 0.25) is 0 Å². The molecular weight excluding hydrogens is 170 g/mol. The summed E-state index contributed by atoms with van der Waals surface area (Å²) >= 11 is 0. The molecule has 1 aromatic rings. The lowest BCUT2D eigenvalue weighted by Gasteiger charge is -2.25. The normalized spacial score (nSPS) is 11.2. The predicted molar refractivity (Wildman–Crippen MR) is 62.3 cm³/mol. The van der Waals surface area contributed by atoms with Gasteiger partial charge in [0.1, 0.15) is 0 Å². The Bertz CT molecular complexity index is 239. The maximum Gasteiger partial charge on any atom is 0.0233 e. The zero-order valence-electron chi connectivity index (χ0n) is 9.53. The molecule has 1 rings (SSSR count). The fourth-order valence-corrected chi connectivity index (χ4v) is 1.91. The first-order valence-corrected chi connectivity index (χ1v) is 5.52. The minimum atomic E-state index is 0.718. The SMILES string of the molecule is CCC(CC)N(C)Cc1ccccc1. The predicted octanol–water partition coefficient (Wildman–Crippen LogP) is 3.31. The third-order valence-corrected chi connectivity index (χ3v) is 2.84. The van der Waals surface area contributed by atoms with E-state index in [0.29, 0.717) is 0 Å². The highest BCUT2D eigenvalue weighted by atomic mass is 15.1. The fourth-order valence-electron chi connectivity index (χ4n) is 1.91. The molecule has 0 amide bonds. The molecule has 78 valence electrons. The summed E-state index contributed by atoms with van der Waals surface area (Å²) in [5.74, 6) is 0. The van der Waals surface area contributed by atoms with Gasteiger partial charge in [0.05, 0.1) is 0 Å². The van der Waals surface area contributed by atoms with E-state index in [1.807, 2.05) is 0 Å². The van der Waals surface area contributed by atoms with Crippen LogP contribution in [0.3, 0.4) is 0 Å². The van der Waals surface area contributed by atoms with Gasteiger partial charge in [-0.05, 0) is 25.5 Å². The van der Waals surface area contributed by atoms with Crippen LogP contribution in [0, 0.1) is 0 Å². The average molecular weight is 191 g/mol. The van der Waals surface area contributed by atoms with E-state index in [1.54, 1.807) is 0 Å². The number of rotatable bonds is 5. The quantitative estimate of drug-likeness (QED) is 0.690. The maximum atomic E-state index is 2.44. The molecule has 0 unspecified atom stereocenters. The van der Waals surface area contributed by atoms with Crippen molar-refractivity contribution in [2.45, 2.75) is 39.3 Å². The van der Waals surface area contributed by atoms with Gasteiger partial charge in [0.25, 0.3) is 0 Å². The first-order chi connectivity index (χ1) is 6.77. The Labute approximate surface area is 87.7 Å². The molecule has 0 heterocycles. The molecule has 1 heteroatoms. The summed E-state index contributed by atoms with van der Waals surface area (Å²) in [6.07, 6.45) is 2.47. The topological polar surface area (TPSA) is 3.24 Å². The largest absolute Gasteiger partial charge is 0.299 e. The standard InChI is InChI=1S/C13H21N/c1-4-13(5-2)14(3)11-12-9-7-6-8-10-12/h6-10,13H,4-5,11H2,1-3H3. The summed E-state index contributed by atoms with van der Waals surface area (Å²) in [5, 5.41) is 0. The number of nitrogens with zero attached hydrogens (tertiary/aromatic N) is 1. The molecule has 0 spiro atoms. The molecular formula is C13H21N. The average Bonchev–Trinajstić information content (AvgIpc) is 2.21. The van der Waals surface area contributed by atoms with Gasteiger partial charge in [-0.1, -0.05) is 44.2 Å². The highest BCUT2D eigenvalue weighted by Crippen LogP contribution is 2.10. The van der Waals surface area contributed by atoms with Crippen LogP contribution in [0.25, 0.3) is 0 Å². The molecule has 0 aliphatic heterocycles. The Morgan fingerprint density at radius 2 is 1.64 bits per heavy atom. The minimum Gasteiger partial charge on any atom is -0.299 e. The second kappa shape index (κ2) is 5.82. The molecule has 0 aromatic heterocycles. The third kappa shape index (κ3) is 3.15. The van der Waals surface area contributed by atoms with Crippen LogP contribution in [0.1, 0.15) is 32.3 Å². The monoisotopic (exact) mass is 191 g/mol. The summed E-state index contributed by atoms with van der Waals surface area (Å²) in [7, 11) is 2.21. The highest BCUT2D eigenvalue weighted by Gasteiger charge is 2.09. The maximum absolute atomic E-state index is 2.44. The lowest BCUT2D eigenvalue weighted by Crippen LogP contribution is -2.29. The van der Waals surface area contributed by atoms with E-state index in [1.165, 1.54) is 18.4 Å². The van der Waals surface area contributed by atoms with Crippen molar-refractivity contribution in [3.05, 3.63) is 35.9 Å². The van der Waals surface area contributed by atoms with Crippen molar-refractivity contribution in [2.24, 2.45) is 0 Å². The lowest BCUT2D eigenvalue weighted by atomic mass is 10.1. The molecule has 0 aliphatic rings. The zero-order valence-corrected chi connectivity index (χ0v) is 9.53. The molecule has 1 nitrogen and oxygen atoms in total. The summed E-state index contributed by atoms with van der Waals surface area (Å²) in [6, 6.07) is 11.4. The Morgan fingerprint density at radius 3 is 2.14 bits per heavy atom. The molecule has 0 fully saturated rings. The number of hydrogen-bond donors (Lipinski definition) is 0. The first kappa shape index (κ1) is 11.3. The molecule has 0 bridgehead atoms. The summed E-state index contributed by atoms with van der Waals surface area (Å²) < 4.78 is 0. The van der Waals surface area contributed by atoms with Gasteiger partial charge < -0.3 is 0 Å². The van der Waals surface area contributed by atoms with Crippen molar-refractivity contribution < 1.29 is 0 Å². The minimum absolute atomic E-state index is 0.718. The molecule has 0 radical (unpaired) electrons. The van der Waals surface area contributed by atoms with Gasteiger partial charge in [0, 0.05) is 12.6 Å². The summed E-state index contributed by atoms with van der Waals surface area (Å²) in [6.45, 7) is 5.58. The smallest absolute Gasteiger partial charge is 0.0233 e. The van der Waals surface area contributed by atoms with Crippen molar-refractivity contribution in [3.8, 4) is 0 Å². The van der Waals surface area contributed by atoms with Crippen molar-refractivity contribution in [1.82, 2.24) is 4.90 Å². The van der Waals surface area contributed by atoms with Crippen molar-refractivity contribution >= 4 is 0 Å². The Morgan fingerprint density at radius 1 is 1.07 bits per heavy atom. The van der Waals surface area contributed by atoms with Crippen molar-refractivity contribution in [2.75, 3.05) is 7.05 Å². The van der Waals surface area contributed by atoms with Crippen LogP contribution in [-0.4, -0.2) is 18.0 Å². The van der Waals surface area contributed by atoms with Crippen LogP contribution < -0.4 is 0 Å². The molecule has 0 atom stereocenters. The molecule has 0 saturated heterocycles. The first-order valence-electron chi connectivity index (χ1n) is 5.52. The van der Waals surface area contributed by atoms with Crippen LogP contribution >= 0.6 is 0 Å². The van der Waals surface area contributed by atoms with E-state index in [4.69, 9.17) is 0 Å². The van der Waals surface area contributed by atoms with Gasteiger partial charge in [-0.25, -0.2) is 0 Å². The van der Waals surface area contributed by atoms with Crippen LogP contribution in [0.15, 0.2) is 30.3 Å². The molecule has 0 saturated carbocycles.